The second-order valence-electron chi connectivity index (χ2n) is 11.1. The van der Waals surface area contributed by atoms with Crippen molar-refractivity contribution in [2.75, 3.05) is 14.2 Å². The summed E-state index contributed by atoms with van der Waals surface area (Å²) in [5, 5.41) is 4.56. The van der Waals surface area contributed by atoms with Crippen molar-refractivity contribution in [2.45, 2.75) is 38.8 Å². The topological polar surface area (TPSA) is 32.6 Å². The number of ether oxygens (including phenoxy) is 3. The molecule has 0 radical (unpaired) electrons. The van der Waals surface area contributed by atoms with Crippen molar-refractivity contribution in [1.82, 2.24) is 4.57 Å². The van der Waals surface area contributed by atoms with Gasteiger partial charge in [-0.1, -0.05) is 86.1 Å². The lowest BCUT2D eigenvalue weighted by Crippen LogP contribution is -2.34. The molecule has 0 N–H and O–H groups in total. The van der Waals surface area contributed by atoms with E-state index >= 15 is 0 Å². The van der Waals surface area contributed by atoms with Crippen molar-refractivity contribution >= 4 is 38.7 Å². The Labute approximate surface area is 246 Å². The number of hydrogen-bond acceptors (Lipinski definition) is 3. The largest absolute Gasteiger partial charge is 0.493 e. The highest BCUT2D eigenvalue weighted by atomic mass is 16.5. The van der Waals surface area contributed by atoms with Crippen LogP contribution in [0.2, 0.25) is 0 Å². The average molecular weight is 554 g/mol. The number of fused-ring (bicyclic) bond motifs is 8. The van der Waals surface area contributed by atoms with E-state index in [2.05, 4.69) is 109 Å². The standard InChI is InChI=1S/C38H35NO3/c1-5-6-21-39-32-22-25(2)17-18-28(32)35-30-23-33(40-3)34(41-4)24-31(30)37-29(36(35)39)19-20-38(42-37,26-13-9-7-10-14-26)27-15-11-8-12-16-27/h7-20,22-24H,5-6,21H2,1-4H3. The fraction of sp³-hybridized carbons (Fsp3) is 0.211. The number of benzene rings is 5. The van der Waals surface area contributed by atoms with Crippen molar-refractivity contribution in [3.8, 4) is 17.2 Å². The Morgan fingerprint density at radius 1 is 0.762 bits per heavy atom. The van der Waals surface area contributed by atoms with Gasteiger partial charge in [0.1, 0.15) is 5.75 Å². The third-order valence-electron chi connectivity index (χ3n) is 8.65. The minimum atomic E-state index is -0.792. The quantitative estimate of drug-likeness (QED) is 0.197. The van der Waals surface area contributed by atoms with Gasteiger partial charge in [0.05, 0.1) is 19.7 Å². The van der Waals surface area contributed by atoms with Crippen LogP contribution in [0.15, 0.2) is 97.1 Å². The Morgan fingerprint density at radius 2 is 1.40 bits per heavy atom. The summed E-state index contributed by atoms with van der Waals surface area (Å²) < 4.78 is 21.5. The van der Waals surface area contributed by atoms with E-state index in [1.807, 2.05) is 12.1 Å². The normalized spacial score (nSPS) is 13.8. The summed E-state index contributed by atoms with van der Waals surface area (Å²) in [6.07, 6.45) is 6.73. The fourth-order valence-electron chi connectivity index (χ4n) is 6.60. The van der Waals surface area contributed by atoms with Crippen molar-refractivity contribution in [3.05, 3.63) is 119 Å². The molecule has 1 aliphatic rings. The van der Waals surface area contributed by atoms with E-state index in [-0.39, 0.29) is 0 Å². The van der Waals surface area contributed by atoms with Gasteiger partial charge in [0.2, 0.25) is 0 Å². The first-order valence-corrected chi connectivity index (χ1v) is 14.7. The fourth-order valence-corrected chi connectivity index (χ4v) is 6.60. The van der Waals surface area contributed by atoms with Gasteiger partial charge in [-0.05, 0) is 54.6 Å². The molecule has 4 heteroatoms. The van der Waals surface area contributed by atoms with E-state index in [1.165, 1.54) is 27.4 Å². The van der Waals surface area contributed by atoms with Crippen LogP contribution in [0.4, 0.5) is 0 Å². The lowest BCUT2D eigenvalue weighted by molar-refractivity contribution is 0.164. The number of hydrogen-bond donors (Lipinski definition) is 0. The van der Waals surface area contributed by atoms with Gasteiger partial charge in [0.15, 0.2) is 17.1 Å². The second-order valence-corrected chi connectivity index (χ2v) is 11.1. The number of aryl methyl sites for hydroxylation is 2. The summed E-state index contributed by atoms with van der Waals surface area (Å²) >= 11 is 0. The van der Waals surface area contributed by atoms with Gasteiger partial charge in [-0.2, -0.15) is 0 Å². The van der Waals surface area contributed by atoms with E-state index in [0.717, 1.165) is 52.6 Å². The van der Waals surface area contributed by atoms with Crippen molar-refractivity contribution in [2.24, 2.45) is 0 Å². The van der Waals surface area contributed by atoms with Crippen LogP contribution in [-0.2, 0) is 12.1 Å². The summed E-state index contributed by atoms with van der Waals surface area (Å²) in [7, 11) is 3.38. The smallest absolute Gasteiger partial charge is 0.178 e. The van der Waals surface area contributed by atoms with Gasteiger partial charge in [-0.15, -0.1) is 0 Å². The maximum Gasteiger partial charge on any atom is 0.178 e. The number of rotatable bonds is 7. The molecule has 210 valence electrons. The van der Waals surface area contributed by atoms with Gasteiger partial charge >= 0.3 is 0 Å². The zero-order chi connectivity index (χ0) is 28.8. The third kappa shape index (κ3) is 3.89. The Bertz CT molecular complexity index is 1930. The first-order valence-electron chi connectivity index (χ1n) is 14.7. The molecule has 1 aromatic heterocycles. The van der Waals surface area contributed by atoms with Crippen LogP contribution in [-0.4, -0.2) is 18.8 Å². The van der Waals surface area contributed by atoms with Crippen LogP contribution in [0.3, 0.4) is 0 Å². The molecule has 0 fully saturated rings. The first-order chi connectivity index (χ1) is 20.6. The van der Waals surface area contributed by atoms with E-state index in [4.69, 9.17) is 14.2 Å². The molecule has 0 bridgehead atoms. The lowest BCUT2D eigenvalue weighted by Gasteiger charge is -2.37. The minimum Gasteiger partial charge on any atom is -0.493 e. The highest BCUT2D eigenvalue weighted by Crippen LogP contribution is 2.52. The molecule has 0 saturated heterocycles. The Balaban J connectivity index is 1.65. The Hall–Kier alpha value is -4.70. The minimum absolute atomic E-state index is 0.681. The van der Waals surface area contributed by atoms with Crippen molar-refractivity contribution in [3.63, 3.8) is 0 Å². The highest BCUT2D eigenvalue weighted by Gasteiger charge is 2.39. The number of unbranched alkanes of at least 4 members (excludes halogenated alkanes) is 1. The molecule has 0 spiro atoms. The summed E-state index contributed by atoms with van der Waals surface area (Å²) in [5.74, 6) is 2.24. The second kappa shape index (κ2) is 10.3. The molecule has 0 atom stereocenters. The van der Waals surface area contributed by atoms with Gasteiger partial charge in [-0.25, -0.2) is 0 Å². The van der Waals surface area contributed by atoms with Crippen molar-refractivity contribution in [1.29, 1.82) is 0 Å². The molecular weight excluding hydrogens is 518 g/mol. The molecule has 1 aliphatic heterocycles. The molecule has 0 saturated carbocycles. The molecule has 42 heavy (non-hydrogen) atoms. The Morgan fingerprint density at radius 3 is 2.02 bits per heavy atom. The number of aromatic nitrogens is 1. The molecule has 5 aromatic carbocycles. The molecule has 4 nitrogen and oxygen atoms in total. The first kappa shape index (κ1) is 26.2. The average Bonchev–Trinajstić information content (AvgIpc) is 3.36. The maximum absolute atomic E-state index is 7.37. The zero-order valence-corrected chi connectivity index (χ0v) is 24.6. The van der Waals surface area contributed by atoms with Gasteiger partial charge < -0.3 is 18.8 Å². The molecule has 7 rings (SSSR count). The van der Waals surface area contributed by atoms with Crippen LogP contribution < -0.4 is 14.2 Å². The molecular formula is C38H35NO3. The monoisotopic (exact) mass is 553 g/mol. The number of methoxy groups -OCH3 is 2. The van der Waals surface area contributed by atoms with Gasteiger partial charge in [-0.3, -0.25) is 0 Å². The molecule has 0 amide bonds. The van der Waals surface area contributed by atoms with Crippen LogP contribution in [0.25, 0.3) is 38.7 Å². The summed E-state index contributed by atoms with van der Waals surface area (Å²) in [5.41, 5.74) is 6.16. The summed E-state index contributed by atoms with van der Waals surface area (Å²) in [4.78, 5) is 0. The Kier molecular flexibility index (Phi) is 6.42. The maximum atomic E-state index is 7.37. The van der Waals surface area contributed by atoms with Crippen LogP contribution >= 0.6 is 0 Å². The lowest BCUT2D eigenvalue weighted by atomic mass is 9.83. The van der Waals surface area contributed by atoms with Crippen molar-refractivity contribution < 1.29 is 14.2 Å². The summed E-state index contributed by atoms with van der Waals surface area (Å²) in [6, 6.07) is 32.0. The predicted octanol–water partition coefficient (Wildman–Crippen LogP) is 9.42. The third-order valence-corrected chi connectivity index (χ3v) is 8.65. The predicted molar refractivity (Wildman–Crippen MR) is 173 cm³/mol. The molecule has 2 heterocycles. The molecule has 0 unspecified atom stereocenters. The van der Waals surface area contributed by atoms with Crippen LogP contribution in [0, 0.1) is 6.92 Å². The SMILES string of the molecule is CCCCn1c2cc(C)ccc2c2c3cc(OC)c(OC)cc3c3c(c21)C=CC(c1ccccc1)(c1ccccc1)O3. The molecule has 6 aromatic rings. The van der Waals surface area contributed by atoms with Crippen LogP contribution in [0.5, 0.6) is 17.2 Å². The molecule has 0 aliphatic carbocycles. The summed E-state index contributed by atoms with van der Waals surface area (Å²) in [6.45, 7) is 5.35. The van der Waals surface area contributed by atoms with Gasteiger partial charge in [0.25, 0.3) is 0 Å². The van der Waals surface area contributed by atoms with Gasteiger partial charge in [0, 0.05) is 44.9 Å². The van der Waals surface area contributed by atoms with E-state index in [9.17, 15) is 0 Å². The van der Waals surface area contributed by atoms with E-state index in [1.54, 1.807) is 14.2 Å². The highest BCUT2D eigenvalue weighted by molar-refractivity contribution is 6.25. The zero-order valence-electron chi connectivity index (χ0n) is 24.6. The number of nitrogens with zero attached hydrogens (tertiary/aromatic N) is 1. The van der Waals surface area contributed by atoms with Crippen LogP contribution in [0.1, 0.15) is 42.0 Å². The van der Waals surface area contributed by atoms with E-state index < -0.39 is 5.60 Å². The van der Waals surface area contributed by atoms with E-state index in [0.29, 0.717) is 11.5 Å².